The number of hydrogen-bond donors (Lipinski definition) is 1. The maximum absolute atomic E-state index is 13.2. The average Bonchev–Trinajstić information content (AvgIpc) is 2.85. The molecule has 1 fully saturated rings. The fraction of sp³-hybridized carbons (Fsp3) is 0.391. The van der Waals surface area contributed by atoms with Crippen LogP contribution in [0.1, 0.15) is 18.0 Å². The molecule has 1 saturated heterocycles. The number of rotatable bonds is 5. The lowest BCUT2D eigenvalue weighted by Crippen LogP contribution is -2.50. The van der Waals surface area contributed by atoms with Gasteiger partial charge >= 0.3 is 0 Å². The number of carbonyl (C=O) groups is 1. The van der Waals surface area contributed by atoms with Crippen LogP contribution in [-0.4, -0.2) is 57.7 Å². The van der Waals surface area contributed by atoms with Gasteiger partial charge in [0.1, 0.15) is 12.2 Å². The van der Waals surface area contributed by atoms with Gasteiger partial charge in [0.25, 0.3) is 11.1 Å². The number of ether oxygens (including phenoxy) is 2. The summed E-state index contributed by atoms with van der Waals surface area (Å²) in [7, 11) is 2.92. The molecule has 0 radical (unpaired) electrons. The molecule has 2 aliphatic heterocycles. The highest BCUT2D eigenvalue weighted by atomic mass is 16.8. The van der Waals surface area contributed by atoms with Gasteiger partial charge in [-0.3, -0.25) is 19.6 Å². The van der Waals surface area contributed by atoms with Crippen molar-refractivity contribution in [1.82, 2.24) is 19.2 Å². The number of piperidine rings is 1. The number of benzene rings is 1. The lowest BCUT2D eigenvalue weighted by molar-refractivity contribution is -0.134. The first-order valence-corrected chi connectivity index (χ1v) is 11.1. The van der Waals surface area contributed by atoms with Crippen molar-refractivity contribution in [2.75, 3.05) is 32.5 Å². The van der Waals surface area contributed by atoms with Crippen molar-refractivity contribution in [3.8, 4) is 11.5 Å². The lowest BCUT2D eigenvalue weighted by atomic mass is 9.83. The summed E-state index contributed by atoms with van der Waals surface area (Å²) in [5, 5.41) is 25.0. The van der Waals surface area contributed by atoms with Crippen molar-refractivity contribution in [1.29, 1.82) is 0 Å². The molecule has 0 saturated carbocycles. The predicted octanol–water partition coefficient (Wildman–Crippen LogP) is 0.915. The van der Waals surface area contributed by atoms with Gasteiger partial charge in [0.2, 0.25) is 5.91 Å². The Morgan fingerprint density at radius 2 is 1.94 bits per heavy atom. The molecule has 3 aromatic rings. The second-order valence-corrected chi connectivity index (χ2v) is 8.80. The van der Waals surface area contributed by atoms with Crippen LogP contribution in [-0.2, 0) is 17.9 Å². The first kappa shape index (κ1) is 22.9. The van der Waals surface area contributed by atoms with Gasteiger partial charge in [0.05, 0.1) is 25.8 Å². The number of anilines is 1. The van der Waals surface area contributed by atoms with Crippen LogP contribution in [0.25, 0.3) is 10.8 Å². The van der Waals surface area contributed by atoms with E-state index < -0.39 is 16.3 Å². The van der Waals surface area contributed by atoms with E-state index in [1.807, 2.05) is 0 Å². The number of fused-ring (bicyclic) bond motifs is 5. The van der Waals surface area contributed by atoms with Crippen LogP contribution in [0.3, 0.4) is 0 Å². The maximum atomic E-state index is 13.2. The van der Waals surface area contributed by atoms with Gasteiger partial charge in [-0.2, -0.15) is 5.10 Å². The minimum atomic E-state index is -0.550. The first-order valence-electron chi connectivity index (χ1n) is 11.1. The number of nitrogens with zero attached hydrogens (tertiary/aromatic N) is 5. The Hall–Kier alpha value is -3.90. The number of likely N-dealkylation sites (tertiary alicyclic amines) is 1. The van der Waals surface area contributed by atoms with E-state index in [0.717, 1.165) is 11.1 Å². The third kappa shape index (κ3) is 3.80. The molecule has 12 nitrogen and oxygen atoms in total. The van der Waals surface area contributed by atoms with Crippen molar-refractivity contribution in [2.24, 2.45) is 5.92 Å². The molecule has 1 unspecified atom stereocenters. The van der Waals surface area contributed by atoms with Gasteiger partial charge in [0, 0.05) is 36.6 Å². The summed E-state index contributed by atoms with van der Waals surface area (Å²) in [5.41, 5.74) is -0.632. The Kier molecular flexibility index (Phi) is 5.69. The van der Waals surface area contributed by atoms with Gasteiger partial charge < -0.3 is 29.4 Å². The van der Waals surface area contributed by atoms with Crippen LogP contribution in [0, 0.1) is 11.1 Å². The summed E-state index contributed by atoms with van der Waals surface area (Å²) in [4.78, 5) is 40.7. The molecular weight excluding hydrogens is 458 g/mol. The molecule has 2 aliphatic rings. The van der Waals surface area contributed by atoms with E-state index in [4.69, 9.17) is 9.47 Å². The van der Waals surface area contributed by atoms with Crippen LogP contribution in [0.15, 0.2) is 40.1 Å². The van der Waals surface area contributed by atoms with E-state index in [9.17, 15) is 24.8 Å². The summed E-state index contributed by atoms with van der Waals surface area (Å²) in [5.74, 6) is 0.333. The highest BCUT2D eigenvalue weighted by molar-refractivity contribution is 5.89. The number of aromatic nitrogens is 3. The predicted molar refractivity (Wildman–Crippen MR) is 125 cm³/mol. The van der Waals surface area contributed by atoms with Crippen molar-refractivity contribution in [3.05, 3.63) is 62.1 Å². The SMILES string of the molecule is COc1ccc2cnn(CC(=O)N3CC4C[C@@H](C3)Cn3c4ccc(N([O-])O)c3=O)c(=O)c2c1OC. The molecule has 1 aromatic carbocycles. The molecule has 0 aliphatic carbocycles. The monoisotopic (exact) mass is 482 g/mol. The Balaban J connectivity index is 1.41. The highest BCUT2D eigenvalue weighted by Crippen LogP contribution is 2.36. The molecule has 2 bridgehead atoms. The van der Waals surface area contributed by atoms with Crippen LogP contribution in [0.2, 0.25) is 0 Å². The number of hydrogen-bond acceptors (Lipinski definition) is 9. The Morgan fingerprint density at radius 3 is 2.66 bits per heavy atom. The van der Waals surface area contributed by atoms with E-state index in [1.165, 1.54) is 31.0 Å². The number of amides is 1. The molecule has 0 spiro atoms. The van der Waals surface area contributed by atoms with Crippen molar-refractivity contribution >= 4 is 22.4 Å². The van der Waals surface area contributed by atoms with Crippen LogP contribution < -0.4 is 25.8 Å². The number of pyridine rings is 1. The molecule has 5 rings (SSSR count). The van der Waals surface area contributed by atoms with Gasteiger partial charge in [0.15, 0.2) is 11.5 Å². The Labute approximate surface area is 199 Å². The number of carbonyl (C=O) groups excluding carboxylic acids is 1. The largest absolute Gasteiger partial charge is 0.733 e. The van der Waals surface area contributed by atoms with Crippen molar-refractivity contribution in [2.45, 2.75) is 25.4 Å². The standard InChI is InChI=1S/C23H24N5O7/c1-34-18-6-3-14-8-24-27(23(31)20(14)21(18)35-2)12-19(29)25-9-13-7-15(11-25)16-4-5-17(28(32)33)22(30)26(16)10-13/h3-6,8,13,15,32H,7,9-12H2,1-2H3/q-1/t13-,15?/m0/s1. The summed E-state index contributed by atoms with van der Waals surface area (Å²) in [6.45, 7) is 0.871. The van der Waals surface area contributed by atoms with E-state index >= 15 is 0 Å². The van der Waals surface area contributed by atoms with Crippen molar-refractivity contribution < 1.29 is 19.5 Å². The van der Waals surface area contributed by atoms with Gasteiger partial charge in [-0.15, -0.1) is 0 Å². The zero-order valence-electron chi connectivity index (χ0n) is 19.2. The van der Waals surface area contributed by atoms with Gasteiger partial charge in [-0.05, 0) is 36.6 Å². The fourth-order valence-corrected chi connectivity index (χ4v) is 5.21. The van der Waals surface area contributed by atoms with E-state index in [1.54, 1.807) is 23.1 Å². The van der Waals surface area contributed by atoms with Crippen LogP contribution >= 0.6 is 0 Å². The molecule has 1 N–H and O–H groups in total. The normalized spacial score (nSPS) is 18.8. The molecule has 4 heterocycles. The topological polar surface area (TPSA) is 142 Å². The quantitative estimate of drug-likeness (QED) is 0.525. The minimum absolute atomic E-state index is 0.00239. The van der Waals surface area contributed by atoms with E-state index in [0.29, 0.717) is 36.5 Å². The number of methoxy groups -OCH3 is 2. The Bertz CT molecular complexity index is 1430. The van der Waals surface area contributed by atoms with E-state index in [-0.39, 0.29) is 41.1 Å². The lowest BCUT2D eigenvalue weighted by Gasteiger charge is -2.43. The molecule has 2 aromatic heterocycles. The molecule has 1 amide bonds. The van der Waals surface area contributed by atoms with Crippen LogP contribution in [0.4, 0.5) is 5.69 Å². The zero-order chi connectivity index (χ0) is 24.9. The van der Waals surface area contributed by atoms with Crippen LogP contribution in [0.5, 0.6) is 11.5 Å². The second kappa shape index (κ2) is 8.71. The molecule has 2 atom stereocenters. The molecule has 12 heteroatoms. The summed E-state index contributed by atoms with van der Waals surface area (Å²) < 4.78 is 13.3. The third-order valence-corrected chi connectivity index (χ3v) is 6.79. The van der Waals surface area contributed by atoms with Gasteiger partial charge in [-0.25, -0.2) is 4.68 Å². The van der Waals surface area contributed by atoms with Crippen molar-refractivity contribution in [3.63, 3.8) is 0 Å². The molecular formula is C23H24N5O7-. The Morgan fingerprint density at radius 1 is 1.14 bits per heavy atom. The smallest absolute Gasteiger partial charge is 0.279 e. The summed E-state index contributed by atoms with van der Waals surface area (Å²) >= 11 is 0. The van der Waals surface area contributed by atoms with Gasteiger partial charge in [-0.1, -0.05) is 0 Å². The third-order valence-electron chi connectivity index (χ3n) is 6.79. The maximum Gasteiger partial charge on any atom is 0.279 e. The zero-order valence-corrected chi connectivity index (χ0v) is 19.2. The minimum Gasteiger partial charge on any atom is -0.733 e. The molecule has 184 valence electrons. The highest BCUT2D eigenvalue weighted by Gasteiger charge is 2.37. The fourth-order valence-electron chi connectivity index (χ4n) is 5.21. The first-order chi connectivity index (χ1) is 16.8. The summed E-state index contributed by atoms with van der Waals surface area (Å²) in [6.07, 6.45) is 2.31. The van der Waals surface area contributed by atoms with E-state index in [2.05, 4.69) is 5.10 Å². The summed E-state index contributed by atoms with van der Waals surface area (Å²) in [6, 6.07) is 6.33. The average molecular weight is 482 g/mol. The molecule has 35 heavy (non-hydrogen) atoms. The second-order valence-electron chi connectivity index (χ2n) is 8.80.